The monoisotopic (exact) mass is 475 g/mol. The van der Waals surface area contributed by atoms with E-state index in [4.69, 9.17) is 9.15 Å². The van der Waals surface area contributed by atoms with Crippen molar-refractivity contribution in [1.29, 1.82) is 0 Å². The SMILES string of the molecule is CN.COc1ccc2c(-c3ccc(N=CN(C)C)cc3C(=O)O)c3ccc(=[N+](C)C)cc-3oc2c1. The van der Waals surface area contributed by atoms with Gasteiger partial charge in [0.25, 0.3) is 0 Å². The lowest BCUT2D eigenvalue weighted by Crippen LogP contribution is -2.21. The molecule has 4 rings (SSSR count). The Morgan fingerprint density at radius 1 is 1.06 bits per heavy atom. The van der Waals surface area contributed by atoms with Crippen LogP contribution in [0.15, 0.2) is 64.0 Å². The van der Waals surface area contributed by atoms with Crippen LogP contribution in [0.25, 0.3) is 33.4 Å². The van der Waals surface area contributed by atoms with Crippen LogP contribution in [0, 0.1) is 0 Å². The normalized spacial score (nSPS) is 10.8. The summed E-state index contributed by atoms with van der Waals surface area (Å²) >= 11 is 0. The van der Waals surface area contributed by atoms with Gasteiger partial charge in [-0.3, -0.25) is 0 Å². The Morgan fingerprint density at radius 3 is 2.40 bits per heavy atom. The van der Waals surface area contributed by atoms with Crippen molar-refractivity contribution in [3.8, 4) is 28.2 Å². The van der Waals surface area contributed by atoms with E-state index in [-0.39, 0.29) is 5.56 Å². The number of carboxylic acid groups (broad SMARTS) is 1. The van der Waals surface area contributed by atoms with E-state index in [1.165, 1.54) is 7.05 Å². The van der Waals surface area contributed by atoms with Gasteiger partial charge in [-0.1, -0.05) is 6.07 Å². The molecule has 0 saturated carbocycles. The molecule has 1 aliphatic heterocycles. The first-order chi connectivity index (χ1) is 16.8. The second-order valence-corrected chi connectivity index (χ2v) is 8.16. The van der Waals surface area contributed by atoms with Crippen LogP contribution in [0.3, 0.4) is 0 Å². The molecule has 35 heavy (non-hydrogen) atoms. The van der Waals surface area contributed by atoms with E-state index >= 15 is 0 Å². The first-order valence-corrected chi connectivity index (χ1v) is 11.0. The van der Waals surface area contributed by atoms with Crippen molar-refractivity contribution >= 4 is 29.0 Å². The van der Waals surface area contributed by atoms with Crippen LogP contribution in [0.2, 0.25) is 0 Å². The number of nitrogens with two attached hydrogens (primary N) is 1. The zero-order chi connectivity index (χ0) is 25.7. The average molecular weight is 476 g/mol. The largest absolute Gasteiger partial charge is 0.497 e. The van der Waals surface area contributed by atoms with E-state index in [9.17, 15) is 9.90 Å². The molecule has 0 spiro atoms. The molecule has 8 nitrogen and oxygen atoms in total. The fourth-order valence-electron chi connectivity index (χ4n) is 3.74. The molecule has 0 radical (unpaired) electrons. The van der Waals surface area contributed by atoms with Gasteiger partial charge in [-0.15, -0.1) is 0 Å². The summed E-state index contributed by atoms with van der Waals surface area (Å²) in [5, 5.41) is 11.8. The first kappa shape index (κ1) is 25.5. The Kier molecular flexibility index (Phi) is 7.88. The first-order valence-electron chi connectivity index (χ1n) is 11.0. The molecule has 2 aliphatic rings. The summed E-state index contributed by atoms with van der Waals surface area (Å²) in [7, 11) is 10.7. The van der Waals surface area contributed by atoms with Crippen LogP contribution in [-0.2, 0) is 0 Å². The molecule has 0 saturated heterocycles. The minimum absolute atomic E-state index is 0.171. The van der Waals surface area contributed by atoms with Crippen LogP contribution < -0.4 is 20.4 Å². The number of ether oxygens (including phenoxy) is 1. The predicted molar refractivity (Wildman–Crippen MR) is 141 cm³/mol. The smallest absolute Gasteiger partial charge is 0.336 e. The molecule has 0 bridgehead atoms. The summed E-state index contributed by atoms with van der Waals surface area (Å²) in [5.74, 6) is 0.294. The van der Waals surface area contributed by atoms with Crippen molar-refractivity contribution < 1.29 is 19.1 Å². The van der Waals surface area contributed by atoms with E-state index in [2.05, 4.69) is 10.7 Å². The maximum atomic E-state index is 12.3. The Hall–Kier alpha value is -4.17. The van der Waals surface area contributed by atoms with Crippen LogP contribution in [-0.4, -0.2) is 64.7 Å². The highest BCUT2D eigenvalue weighted by Gasteiger charge is 2.22. The molecule has 0 unspecified atom stereocenters. The van der Waals surface area contributed by atoms with Gasteiger partial charge in [0, 0.05) is 42.7 Å². The number of methoxy groups -OCH3 is 1. The van der Waals surface area contributed by atoms with E-state index < -0.39 is 5.97 Å². The van der Waals surface area contributed by atoms with Gasteiger partial charge in [0.05, 0.1) is 30.8 Å². The number of benzene rings is 3. The van der Waals surface area contributed by atoms with E-state index in [1.54, 1.807) is 24.4 Å². The lowest BCUT2D eigenvalue weighted by Gasteiger charge is -2.17. The van der Waals surface area contributed by atoms with Gasteiger partial charge < -0.3 is 24.9 Å². The third-order valence-corrected chi connectivity index (χ3v) is 5.37. The third kappa shape index (κ3) is 5.33. The number of hydrogen-bond donors (Lipinski definition) is 2. The molecule has 182 valence electrons. The Bertz CT molecular complexity index is 1430. The molecule has 8 heteroatoms. The standard InChI is InChI=1S/C26H25N3O4.CH5N/c1-28(2)15-27-16-6-9-19(22(12-16)26(30)31)25-20-10-7-17(29(3)4)13-23(20)33-24-14-18(32-5)8-11-21(24)25;1-2/h6-15H,1-5H3;2H2,1H3/p+1. The van der Waals surface area contributed by atoms with Gasteiger partial charge in [-0.25, -0.2) is 14.4 Å². The van der Waals surface area contributed by atoms with Crippen molar-refractivity contribution in [1.82, 2.24) is 9.48 Å². The molecule has 2 aromatic carbocycles. The van der Waals surface area contributed by atoms with Crippen LogP contribution >= 0.6 is 0 Å². The predicted octanol–water partition coefficient (Wildman–Crippen LogP) is 3.74. The number of aromatic carboxylic acids is 1. The number of carboxylic acids is 1. The highest BCUT2D eigenvalue weighted by molar-refractivity contribution is 6.08. The zero-order valence-electron chi connectivity index (χ0n) is 20.9. The topological polar surface area (TPSA) is 104 Å². The molecular weight excluding hydrogens is 444 g/mol. The molecule has 2 aromatic rings. The Balaban J connectivity index is 0.00000167. The van der Waals surface area contributed by atoms with Crippen molar-refractivity contribution in [3.05, 3.63) is 65.5 Å². The highest BCUT2D eigenvalue weighted by Crippen LogP contribution is 2.42. The molecule has 0 amide bonds. The number of fused-ring (bicyclic) bond motifs is 2. The molecule has 0 aromatic heterocycles. The van der Waals surface area contributed by atoms with E-state index in [0.717, 1.165) is 21.9 Å². The van der Waals surface area contributed by atoms with Gasteiger partial charge in [-0.05, 0) is 42.9 Å². The number of carbonyl (C=O) groups is 1. The van der Waals surface area contributed by atoms with Crippen LogP contribution in [0.1, 0.15) is 10.4 Å². The Morgan fingerprint density at radius 2 is 1.77 bits per heavy atom. The third-order valence-electron chi connectivity index (χ3n) is 5.37. The summed E-state index contributed by atoms with van der Waals surface area (Å²) in [6.45, 7) is 0. The summed E-state index contributed by atoms with van der Waals surface area (Å²) in [4.78, 5) is 18.4. The molecular formula is C27H31N4O4+. The minimum atomic E-state index is -1.02. The molecule has 3 N–H and O–H groups in total. The lowest BCUT2D eigenvalue weighted by molar-refractivity contribution is 0.0697. The van der Waals surface area contributed by atoms with E-state index in [0.29, 0.717) is 28.3 Å². The van der Waals surface area contributed by atoms with Crippen molar-refractivity contribution in [2.24, 2.45) is 10.7 Å². The van der Waals surface area contributed by atoms with Gasteiger partial charge in [-0.2, -0.15) is 0 Å². The van der Waals surface area contributed by atoms with Crippen LogP contribution in [0.4, 0.5) is 5.69 Å². The van der Waals surface area contributed by atoms with Gasteiger partial charge in [0.2, 0.25) is 5.36 Å². The van der Waals surface area contributed by atoms with Crippen LogP contribution in [0.5, 0.6) is 5.75 Å². The van der Waals surface area contributed by atoms with Gasteiger partial charge >= 0.3 is 5.97 Å². The van der Waals surface area contributed by atoms with Crippen molar-refractivity contribution in [2.45, 2.75) is 0 Å². The summed E-state index contributed by atoms with van der Waals surface area (Å²) in [6.07, 6.45) is 1.64. The number of rotatable bonds is 5. The maximum Gasteiger partial charge on any atom is 0.336 e. The Labute approximate surface area is 204 Å². The molecule has 1 aliphatic carbocycles. The van der Waals surface area contributed by atoms with Gasteiger partial charge in [0.1, 0.15) is 31.2 Å². The minimum Gasteiger partial charge on any atom is -0.497 e. The van der Waals surface area contributed by atoms with Crippen molar-refractivity contribution in [2.75, 3.05) is 42.3 Å². The van der Waals surface area contributed by atoms with E-state index in [1.807, 2.05) is 81.3 Å². The fraction of sp³-hybridized carbons (Fsp3) is 0.222. The average Bonchev–Trinajstić information content (AvgIpc) is 2.86. The van der Waals surface area contributed by atoms with Crippen molar-refractivity contribution in [3.63, 3.8) is 0 Å². The second kappa shape index (κ2) is 10.8. The summed E-state index contributed by atoms with van der Waals surface area (Å²) in [6, 6.07) is 16.7. The maximum absolute atomic E-state index is 12.3. The fourth-order valence-corrected chi connectivity index (χ4v) is 3.74. The summed E-state index contributed by atoms with van der Waals surface area (Å²) in [5.41, 5.74) is 8.06. The molecule has 0 atom stereocenters. The summed E-state index contributed by atoms with van der Waals surface area (Å²) < 4.78 is 13.6. The number of aliphatic imine (C=N–C) groups is 1. The lowest BCUT2D eigenvalue weighted by atomic mass is 9.90. The van der Waals surface area contributed by atoms with Gasteiger partial charge in [0.15, 0.2) is 0 Å². The molecule has 1 heterocycles. The zero-order valence-corrected chi connectivity index (χ0v) is 20.9. The quantitative estimate of drug-likeness (QED) is 0.197. The number of hydrogen-bond acceptors (Lipinski definition) is 5. The number of nitrogens with zero attached hydrogens (tertiary/aromatic N) is 3. The second-order valence-electron chi connectivity index (χ2n) is 8.16. The highest BCUT2D eigenvalue weighted by atomic mass is 16.5. The molecule has 0 fully saturated rings.